The number of H-pyrrole nitrogens is 1. The highest BCUT2D eigenvalue weighted by Gasteiger charge is 2.14. The van der Waals surface area contributed by atoms with Crippen molar-refractivity contribution in [2.24, 2.45) is 0 Å². The Bertz CT molecular complexity index is 456. The smallest absolute Gasteiger partial charge is 0.239 e. The number of nitrogens with one attached hydrogen (secondary N) is 2. The van der Waals surface area contributed by atoms with Crippen LogP contribution < -0.4 is 5.32 Å². The van der Waals surface area contributed by atoms with Crippen LogP contribution in [0.3, 0.4) is 0 Å². The normalized spacial score (nSPS) is 11.4. The van der Waals surface area contributed by atoms with Crippen LogP contribution in [0.5, 0.6) is 0 Å². The molecule has 6 nitrogen and oxygen atoms in total. The minimum atomic E-state index is -3.29. The number of nitrogens with zero attached hydrogens (tertiary/aromatic N) is 1. The van der Waals surface area contributed by atoms with Crippen LogP contribution in [0.2, 0.25) is 0 Å². The van der Waals surface area contributed by atoms with Gasteiger partial charge in [-0.15, -0.1) is 0 Å². The summed E-state index contributed by atoms with van der Waals surface area (Å²) in [5.41, 5.74) is 1.88. The van der Waals surface area contributed by atoms with Crippen molar-refractivity contribution in [1.29, 1.82) is 0 Å². The lowest BCUT2D eigenvalue weighted by Gasteiger charge is -2.03. The molecule has 0 aliphatic carbocycles. The number of aryl methyl sites for hydroxylation is 2. The molecule has 1 rings (SSSR count). The van der Waals surface area contributed by atoms with Gasteiger partial charge in [-0.2, -0.15) is 5.10 Å². The fraction of sp³-hybridized carbons (Fsp3) is 0.500. The maximum Gasteiger partial charge on any atom is 0.239 e. The Kier molecular flexibility index (Phi) is 3.13. The van der Waals surface area contributed by atoms with Crippen molar-refractivity contribution >= 4 is 21.4 Å². The van der Waals surface area contributed by atoms with E-state index < -0.39 is 21.5 Å². The summed E-state index contributed by atoms with van der Waals surface area (Å²) in [5, 5.41) is 9.07. The maximum atomic E-state index is 11.3. The Balaban J connectivity index is 2.76. The van der Waals surface area contributed by atoms with Gasteiger partial charge < -0.3 is 5.32 Å². The van der Waals surface area contributed by atoms with Crippen molar-refractivity contribution in [2.75, 3.05) is 17.3 Å². The second kappa shape index (κ2) is 4.01. The van der Waals surface area contributed by atoms with Crippen molar-refractivity contribution in [3.8, 4) is 0 Å². The number of carbonyl (C=O) groups excluding carboxylic acids is 1. The van der Waals surface area contributed by atoms with Gasteiger partial charge in [0.2, 0.25) is 5.91 Å². The van der Waals surface area contributed by atoms with Gasteiger partial charge in [-0.1, -0.05) is 0 Å². The van der Waals surface area contributed by atoms with Crippen LogP contribution in [-0.4, -0.2) is 36.5 Å². The number of aromatic nitrogens is 2. The molecule has 1 aromatic rings. The molecule has 0 unspecified atom stereocenters. The van der Waals surface area contributed by atoms with Gasteiger partial charge in [0.15, 0.2) is 9.84 Å². The van der Waals surface area contributed by atoms with E-state index in [1.165, 1.54) is 0 Å². The summed E-state index contributed by atoms with van der Waals surface area (Å²) in [4.78, 5) is 11.3. The van der Waals surface area contributed by atoms with Gasteiger partial charge in [0, 0.05) is 6.26 Å². The fourth-order valence-electron chi connectivity index (χ4n) is 1.15. The average molecular weight is 231 g/mol. The Morgan fingerprint density at radius 2 is 2.07 bits per heavy atom. The first-order chi connectivity index (χ1) is 6.79. The number of hydrogen-bond donors (Lipinski definition) is 2. The molecule has 0 aliphatic rings. The first-order valence-corrected chi connectivity index (χ1v) is 6.35. The number of anilines is 1. The molecule has 1 heterocycles. The van der Waals surface area contributed by atoms with Crippen LogP contribution >= 0.6 is 0 Å². The standard InChI is InChI=1S/C8H13N3O3S/c1-5-8(6(2)11-10-5)9-7(12)4-15(3,13)14/h4H2,1-3H3,(H,9,12)(H,10,11). The molecule has 84 valence electrons. The fourth-order valence-corrected chi connectivity index (χ4v) is 1.70. The van der Waals surface area contributed by atoms with Crippen LogP contribution in [0.4, 0.5) is 5.69 Å². The Morgan fingerprint density at radius 1 is 1.47 bits per heavy atom. The van der Waals surface area contributed by atoms with Crippen LogP contribution in [0.1, 0.15) is 11.4 Å². The van der Waals surface area contributed by atoms with Gasteiger partial charge in [-0.3, -0.25) is 9.89 Å². The third kappa shape index (κ3) is 3.35. The predicted molar refractivity (Wildman–Crippen MR) is 56.4 cm³/mol. The molecule has 1 aromatic heterocycles. The largest absolute Gasteiger partial charge is 0.322 e. The van der Waals surface area contributed by atoms with Gasteiger partial charge in [-0.25, -0.2) is 8.42 Å². The highest BCUT2D eigenvalue weighted by Crippen LogP contribution is 2.15. The summed E-state index contributed by atoms with van der Waals surface area (Å²) in [6.45, 7) is 3.47. The van der Waals surface area contributed by atoms with Crippen molar-refractivity contribution in [2.45, 2.75) is 13.8 Å². The number of sulfone groups is 1. The van der Waals surface area contributed by atoms with E-state index in [-0.39, 0.29) is 0 Å². The zero-order valence-corrected chi connectivity index (χ0v) is 9.60. The molecule has 0 saturated heterocycles. The quantitative estimate of drug-likeness (QED) is 0.766. The topological polar surface area (TPSA) is 91.9 Å². The molecule has 0 aromatic carbocycles. The summed E-state index contributed by atoms with van der Waals surface area (Å²) in [5.74, 6) is -1.07. The van der Waals surface area contributed by atoms with E-state index >= 15 is 0 Å². The summed E-state index contributed by atoms with van der Waals surface area (Å²) in [7, 11) is -3.29. The molecule has 0 fully saturated rings. The zero-order chi connectivity index (χ0) is 11.6. The summed E-state index contributed by atoms with van der Waals surface area (Å²) >= 11 is 0. The summed E-state index contributed by atoms with van der Waals surface area (Å²) in [6.07, 6.45) is 1.02. The number of rotatable bonds is 3. The second-order valence-corrected chi connectivity index (χ2v) is 5.57. The number of aromatic amines is 1. The molecule has 2 N–H and O–H groups in total. The van der Waals surface area contributed by atoms with Crippen molar-refractivity contribution in [3.63, 3.8) is 0 Å². The Hall–Kier alpha value is -1.37. The number of amides is 1. The number of hydrogen-bond acceptors (Lipinski definition) is 4. The lowest BCUT2D eigenvalue weighted by atomic mass is 10.3. The molecule has 0 spiro atoms. The second-order valence-electron chi connectivity index (χ2n) is 3.43. The van der Waals surface area contributed by atoms with Gasteiger partial charge in [0.1, 0.15) is 5.75 Å². The van der Waals surface area contributed by atoms with Crippen LogP contribution in [0.15, 0.2) is 0 Å². The highest BCUT2D eigenvalue weighted by molar-refractivity contribution is 7.91. The molecule has 0 radical (unpaired) electrons. The maximum absolute atomic E-state index is 11.3. The Labute approximate surface area is 88.0 Å². The summed E-state index contributed by atoms with van der Waals surface area (Å²) in [6, 6.07) is 0. The van der Waals surface area contributed by atoms with Crippen molar-refractivity contribution in [1.82, 2.24) is 10.2 Å². The van der Waals surface area contributed by atoms with E-state index in [1.807, 2.05) is 0 Å². The lowest BCUT2D eigenvalue weighted by molar-refractivity contribution is -0.113. The van der Waals surface area contributed by atoms with E-state index in [0.717, 1.165) is 6.26 Å². The van der Waals surface area contributed by atoms with E-state index in [4.69, 9.17) is 0 Å². The lowest BCUT2D eigenvalue weighted by Crippen LogP contribution is -2.22. The molecular formula is C8H13N3O3S. The molecule has 0 saturated carbocycles. The van der Waals surface area contributed by atoms with Gasteiger partial charge in [-0.05, 0) is 13.8 Å². The van der Waals surface area contributed by atoms with E-state index in [0.29, 0.717) is 17.1 Å². The molecule has 15 heavy (non-hydrogen) atoms. The molecule has 0 bridgehead atoms. The molecule has 7 heteroatoms. The average Bonchev–Trinajstić information content (AvgIpc) is 2.32. The minimum Gasteiger partial charge on any atom is -0.322 e. The Morgan fingerprint density at radius 3 is 2.47 bits per heavy atom. The highest BCUT2D eigenvalue weighted by atomic mass is 32.2. The van der Waals surface area contributed by atoms with E-state index in [9.17, 15) is 13.2 Å². The van der Waals surface area contributed by atoms with Crippen LogP contribution in [0, 0.1) is 13.8 Å². The number of carbonyl (C=O) groups is 1. The first-order valence-electron chi connectivity index (χ1n) is 4.29. The zero-order valence-electron chi connectivity index (χ0n) is 8.79. The van der Waals surface area contributed by atoms with Gasteiger partial charge >= 0.3 is 0 Å². The van der Waals surface area contributed by atoms with Gasteiger partial charge in [0.25, 0.3) is 0 Å². The SMILES string of the molecule is Cc1n[nH]c(C)c1NC(=O)CS(C)(=O)=O. The summed E-state index contributed by atoms with van der Waals surface area (Å²) < 4.78 is 21.7. The molecular weight excluding hydrogens is 218 g/mol. The van der Waals surface area contributed by atoms with E-state index in [2.05, 4.69) is 15.5 Å². The third-order valence-electron chi connectivity index (χ3n) is 1.79. The molecule has 1 amide bonds. The van der Waals surface area contributed by atoms with Crippen molar-refractivity contribution < 1.29 is 13.2 Å². The van der Waals surface area contributed by atoms with Crippen molar-refractivity contribution in [3.05, 3.63) is 11.4 Å². The predicted octanol–water partition coefficient (Wildman–Crippen LogP) is 0.00964. The van der Waals surface area contributed by atoms with E-state index in [1.54, 1.807) is 13.8 Å². The first kappa shape index (κ1) is 11.7. The third-order valence-corrected chi connectivity index (χ3v) is 2.57. The minimum absolute atomic E-state index is 0.517. The molecule has 0 atom stereocenters. The van der Waals surface area contributed by atoms with Crippen LogP contribution in [-0.2, 0) is 14.6 Å². The van der Waals surface area contributed by atoms with Gasteiger partial charge in [0.05, 0.1) is 17.1 Å². The monoisotopic (exact) mass is 231 g/mol. The molecule has 0 aliphatic heterocycles. The van der Waals surface area contributed by atoms with Crippen LogP contribution in [0.25, 0.3) is 0 Å².